The Kier molecular flexibility index (Phi) is 5.15. The first-order valence-electron chi connectivity index (χ1n) is 6.14. The molecule has 2 atom stereocenters. The Hall–Kier alpha value is -0.400. The van der Waals surface area contributed by atoms with E-state index in [4.69, 9.17) is 23.2 Å². The van der Waals surface area contributed by atoms with Gasteiger partial charge in [0.2, 0.25) is 0 Å². The lowest BCUT2D eigenvalue weighted by Crippen LogP contribution is -1.99. The Balaban J connectivity index is 3.39. The summed E-state index contributed by atoms with van der Waals surface area (Å²) < 4.78 is 0. The van der Waals surface area contributed by atoms with Gasteiger partial charge in [0.15, 0.2) is 5.75 Å². The third kappa shape index (κ3) is 2.89. The molecule has 0 radical (unpaired) electrons. The smallest absolute Gasteiger partial charge is 0.153 e. The predicted molar refractivity (Wildman–Crippen MR) is 75.5 cm³/mol. The molecule has 0 aliphatic rings. The van der Waals surface area contributed by atoms with Crippen molar-refractivity contribution in [2.75, 3.05) is 0 Å². The lowest BCUT2D eigenvalue weighted by Gasteiger charge is -2.19. The van der Waals surface area contributed by atoms with Crippen LogP contribution < -0.4 is 0 Å². The van der Waals surface area contributed by atoms with E-state index in [1.807, 2.05) is 6.07 Å². The van der Waals surface area contributed by atoms with E-state index in [-0.39, 0.29) is 5.75 Å². The standard InChI is InChI=1S/C14H20Cl2O/c1-5-8(3)10-7-11(9(4)6-2)13(16)14(17)12(10)15/h7-9,17H,5-6H2,1-4H3. The van der Waals surface area contributed by atoms with E-state index >= 15 is 0 Å². The highest BCUT2D eigenvalue weighted by atomic mass is 35.5. The topological polar surface area (TPSA) is 20.2 Å². The molecule has 0 aliphatic carbocycles. The van der Waals surface area contributed by atoms with Crippen LogP contribution in [0.4, 0.5) is 0 Å². The molecule has 0 saturated carbocycles. The average Bonchev–Trinajstić information content (AvgIpc) is 2.34. The maximum absolute atomic E-state index is 9.99. The highest BCUT2D eigenvalue weighted by molar-refractivity contribution is 6.38. The van der Waals surface area contributed by atoms with Crippen LogP contribution in [0.3, 0.4) is 0 Å². The molecule has 17 heavy (non-hydrogen) atoms. The summed E-state index contributed by atoms with van der Waals surface area (Å²) in [5.41, 5.74) is 1.98. The first-order chi connectivity index (χ1) is 7.93. The zero-order valence-electron chi connectivity index (χ0n) is 10.8. The van der Waals surface area contributed by atoms with Gasteiger partial charge >= 0.3 is 0 Å². The van der Waals surface area contributed by atoms with Gasteiger partial charge in [-0.2, -0.15) is 0 Å². The van der Waals surface area contributed by atoms with E-state index in [1.54, 1.807) is 0 Å². The van der Waals surface area contributed by atoms with Crippen molar-refractivity contribution in [1.82, 2.24) is 0 Å². The molecule has 0 saturated heterocycles. The van der Waals surface area contributed by atoms with Gasteiger partial charge < -0.3 is 5.11 Å². The summed E-state index contributed by atoms with van der Waals surface area (Å²) in [7, 11) is 0. The second-order valence-corrected chi connectivity index (χ2v) is 5.41. The van der Waals surface area contributed by atoms with Crippen LogP contribution >= 0.6 is 23.2 Å². The number of phenolic OH excluding ortho intramolecular Hbond substituents is 1. The maximum atomic E-state index is 9.99. The minimum Gasteiger partial charge on any atom is -0.505 e. The normalized spacial score (nSPS) is 14.7. The van der Waals surface area contributed by atoms with Gasteiger partial charge in [-0.25, -0.2) is 0 Å². The molecule has 96 valence electrons. The fourth-order valence-corrected chi connectivity index (χ4v) is 2.54. The molecule has 0 aromatic heterocycles. The van der Waals surface area contributed by atoms with Crippen molar-refractivity contribution in [1.29, 1.82) is 0 Å². The number of hydrogen-bond donors (Lipinski definition) is 1. The van der Waals surface area contributed by atoms with Gasteiger partial charge in [-0.3, -0.25) is 0 Å². The van der Waals surface area contributed by atoms with E-state index in [2.05, 4.69) is 27.7 Å². The number of phenols is 1. The summed E-state index contributed by atoms with van der Waals surface area (Å²) in [6.07, 6.45) is 1.97. The van der Waals surface area contributed by atoms with Crippen LogP contribution in [-0.4, -0.2) is 5.11 Å². The minimum atomic E-state index is 0.0291. The summed E-state index contributed by atoms with van der Waals surface area (Å²) in [5.74, 6) is 0.684. The molecular formula is C14H20Cl2O. The van der Waals surface area contributed by atoms with E-state index in [0.717, 1.165) is 24.0 Å². The summed E-state index contributed by atoms with van der Waals surface area (Å²) in [4.78, 5) is 0. The second kappa shape index (κ2) is 5.97. The molecule has 0 amide bonds. The van der Waals surface area contributed by atoms with Crippen LogP contribution in [0.25, 0.3) is 0 Å². The molecule has 1 N–H and O–H groups in total. The fraction of sp³-hybridized carbons (Fsp3) is 0.571. The van der Waals surface area contributed by atoms with Gasteiger partial charge in [0.05, 0.1) is 10.0 Å². The van der Waals surface area contributed by atoms with Crippen LogP contribution in [0.15, 0.2) is 6.07 Å². The molecule has 1 nitrogen and oxygen atoms in total. The van der Waals surface area contributed by atoms with Crippen molar-refractivity contribution in [3.05, 3.63) is 27.2 Å². The Labute approximate surface area is 114 Å². The lowest BCUT2D eigenvalue weighted by atomic mass is 9.91. The molecule has 0 heterocycles. The van der Waals surface area contributed by atoms with Crippen molar-refractivity contribution in [3.8, 4) is 5.75 Å². The van der Waals surface area contributed by atoms with E-state index in [0.29, 0.717) is 21.9 Å². The molecule has 0 spiro atoms. The fourth-order valence-electron chi connectivity index (χ4n) is 1.82. The van der Waals surface area contributed by atoms with Crippen molar-refractivity contribution >= 4 is 23.2 Å². The molecule has 1 aromatic carbocycles. The number of rotatable bonds is 4. The molecule has 2 unspecified atom stereocenters. The van der Waals surface area contributed by atoms with E-state index in [9.17, 15) is 5.11 Å². The predicted octanol–water partition coefficient (Wildman–Crippen LogP) is 5.73. The molecule has 1 rings (SSSR count). The summed E-state index contributed by atoms with van der Waals surface area (Å²) in [5, 5.41) is 10.8. The average molecular weight is 275 g/mol. The van der Waals surface area contributed by atoms with Crippen LogP contribution in [0.5, 0.6) is 5.75 Å². The molecule has 0 fully saturated rings. The van der Waals surface area contributed by atoms with Crippen molar-refractivity contribution in [2.45, 2.75) is 52.4 Å². The SMILES string of the molecule is CCC(C)c1cc(C(C)CC)c(Cl)c(O)c1Cl. The Morgan fingerprint density at radius 2 is 1.35 bits per heavy atom. The number of aromatic hydroxyl groups is 1. The highest BCUT2D eigenvalue weighted by Gasteiger charge is 2.20. The first kappa shape index (κ1) is 14.7. The van der Waals surface area contributed by atoms with Gasteiger partial charge in [-0.15, -0.1) is 0 Å². The number of halogens is 2. The first-order valence-corrected chi connectivity index (χ1v) is 6.90. The van der Waals surface area contributed by atoms with E-state index < -0.39 is 0 Å². The third-order valence-electron chi connectivity index (χ3n) is 3.52. The molecular weight excluding hydrogens is 255 g/mol. The van der Waals surface area contributed by atoms with E-state index in [1.165, 1.54) is 0 Å². The molecule has 3 heteroatoms. The molecule has 0 aliphatic heterocycles. The quantitative estimate of drug-likeness (QED) is 0.744. The van der Waals surface area contributed by atoms with Crippen LogP contribution in [-0.2, 0) is 0 Å². The summed E-state index contributed by atoms with van der Waals surface area (Å²) >= 11 is 12.3. The van der Waals surface area contributed by atoms with Crippen molar-refractivity contribution in [2.24, 2.45) is 0 Å². The van der Waals surface area contributed by atoms with Gasteiger partial charge in [0.1, 0.15) is 0 Å². The lowest BCUT2D eigenvalue weighted by molar-refractivity contribution is 0.472. The minimum absolute atomic E-state index is 0.0291. The van der Waals surface area contributed by atoms with Crippen molar-refractivity contribution < 1.29 is 5.11 Å². The second-order valence-electron chi connectivity index (χ2n) is 4.65. The Morgan fingerprint density at radius 3 is 1.65 bits per heavy atom. The molecule has 0 bridgehead atoms. The van der Waals surface area contributed by atoms with Gasteiger partial charge in [-0.1, -0.05) is 57.0 Å². The van der Waals surface area contributed by atoms with Gasteiger partial charge in [0, 0.05) is 0 Å². The summed E-state index contributed by atoms with van der Waals surface area (Å²) in [6.45, 7) is 8.43. The Bertz CT molecular complexity index is 367. The zero-order chi connectivity index (χ0) is 13.2. The third-order valence-corrected chi connectivity index (χ3v) is 4.31. The van der Waals surface area contributed by atoms with Crippen molar-refractivity contribution in [3.63, 3.8) is 0 Å². The monoisotopic (exact) mass is 274 g/mol. The Morgan fingerprint density at radius 1 is 1.00 bits per heavy atom. The molecule has 1 aromatic rings. The number of hydrogen-bond acceptors (Lipinski definition) is 1. The number of benzene rings is 1. The summed E-state index contributed by atoms with van der Waals surface area (Å²) in [6, 6.07) is 2.05. The van der Waals surface area contributed by atoms with Crippen LogP contribution in [0, 0.1) is 0 Å². The highest BCUT2D eigenvalue weighted by Crippen LogP contribution is 2.43. The zero-order valence-corrected chi connectivity index (χ0v) is 12.4. The van der Waals surface area contributed by atoms with Crippen LogP contribution in [0.1, 0.15) is 63.5 Å². The van der Waals surface area contributed by atoms with Crippen LogP contribution in [0.2, 0.25) is 10.0 Å². The maximum Gasteiger partial charge on any atom is 0.153 e. The van der Waals surface area contributed by atoms with Gasteiger partial charge in [-0.05, 0) is 35.8 Å². The largest absolute Gasteiger partial charge is 0.505 e. The van der Waals surface area contributed by atoms with Gasteiger partial charge in [0.25, 0.3) is 0 Å².